The molecule has 1 amide bonds. The van der Waals surface area contributed by atoms with Crippen molar-refractivity contribution in [1.29, 1.82) is 0 Å². The zero-order valence-electron chi connectivity index (χ0n) is 20.3. The largest absolute Gasteiger partial charge is 0.504 e. The average molecular weight is 534 g/mol. The number of phenolic OH excluding ortho intramolecular Hbond substituents is 1. The number of fused-ring (bicyclic) bond motifs is 3. The second-order valence-corrected chi connectivity index (χ2v) is 11.7. The van der Waals surface area contributed by atoms with E-state index in [1.165, 1.54) is 30.5 Å². The molecule has 9 heteroatoms. The van der Waals surface area contributed by atoms with E-state index < -0.39 is 0 Å². The van der Waals surface area contributed by atoms with Crippen LogP contribution in [0.25, 0.3) is 0 Å². The lowest BCUT2D eigenvalue weighted by atomic mass is 9.42. The van der Waals surface area contributed by atoms with Gasteiger partial charge in [-0.15, -0.1) is 24.8 Å². The van der Waals surface area contributed by atoms with Crippen LogP contribution in [0.2, 0.25) is 0 Å². The summed E-state index contributed by atoms with van der Waals surface area (Å²) in [5, 5.41) is 10.9. The predicted molar refractivity (Wildman–Crippen MR) is 139 cm³/mol. The number of benzene rings is 1. The van der Waals surface area contributed by atoms with Crippen LogP contribution in [0, 0.1) is 11.3 Å². The van der Waals surface area contributed by atoms with Crippen molar-refractivity contribution in [3.05, 3.63) is 41.5 Å². The molecule has 194 valence electrons. The molecule has 3 saturated heterocycles. The van der Waals surface area contributed by atoms with E-state index in [2.05, 4.69) is 25.8 Å². The highest BCUT2D eigenvalue weighted by Crippen LogP contribution is 2.71. The fourth-order valence-electron chi connectivity index (χ4n) is 8.94. The topological polar surface area (TPSA) is 81.7 Å². The van der Waals surface area contributed by atoms with Crippen LogP contribution in [-0.2, 0) is 23.1 Å². The maximum atomic E-state index is 13.6. The lowest BCUT2D eigenvalue weighted by molar-refractivity contribution is -0.143. The minimum atomic E-state index is -0.0952. The number of amides is 1. The summed E-state index contributed by atoms with van der Waals surface area (Å²) in [5.41, 5.74) is 2.67. The van der Waals surface area contributed by atoms with Gasteiger partial charge in [0.15, 0.2) is 11.5 Å². The molecule has 2 spiro atoms. The Morgan fingerprint density at radius 1 is 1.17 bits per heavy atom. The van der Waals surface area contributed by atoms with Crippen molar-refractivity contribution in [3.8, 4) is 11.5 Å². The highest BCUT2D eigenvalue weighted by molar-refractivity contribution is 5.85. The number of likely N-dealkylation sites (tertiary alicyclic amines) is 1. The van der Waals surface area contributed by atoms with Crippen LogP contribution in [0.5, 0.6) is 11.5 Å². The minimum absolute atomic E-state index is 0. The second-order valence-electron chi connectivity index (χ2n) is 11.7. The number of halogens is 2. The smallest absolute Gasteiger partial charge is 0.230 e. The predicted octanol–water partition coefficient (Wildman–Crippen LogP) is 3.62. The minimum Gasteiger partial charge on any atom is -0.504 e. The summed E-state index contributed by atoms with van der Waals surface area (Å²) in [5.74, 6) is 2.71. The first-order chi connectivity index (χ1) is 16.6. The van der Waals surface area contributed by atoms with E-state index in [4.69, 9.17) is 4.74 Å². The molecule has 2 aromatic rings. The monoisotopic (exact) mass is 532 g/mol. The Morgan fingerprint density at radius 2 is 2.03 bits per heavy atom. The molecule has 7 nitrogen and oxygen atoms in total. The van der Waals surface area contributed by atoms with Crippen molar-refractivity contribution in [2.45, 2.75) is 75.0 Å². The van der Waals surface area contributed by atoms with E-state index in [1.807, 2.05) is 6.07 Å². The van der Waals surface area contributed by atoms with Crippen LogP contribution in [0.3, 0.4) is 0 Å². The average Bonchev–Trinajstić information content (AvgIpc) is 3.46. The van der Waals surface area contributed by atoms with Gasteiger partial charge >= 0.3 is 0 Å². The standard InChI is InChI=1S/C27H32N4O3.2ClH/c32-19-4-3-17-13-20-26-6-5-18(31(12-7-26)22(33)14-21-28-9-10-29-21)25-27(26,23(17)24(19)34-25)8-11-30(20)15-16-1-2-16;;/h3-4,9-10,16,18,20,25,32H,1-2,5-8,11-15H2,(H,28,29);2*1H/t18-,20-,25+,26-,27+;;/m1../s1. The highest BCUT2D eigenvalue weighted by Gasteiger charge is 2.74. The number of piperidine rings is 1. The lowest BCUT2D eigenvalue weighted by Crippen LogP contribution is -2.72. The highest BCUT2D eigenvalue weighted by atomic mass is 35.5. The van der Waals surface area contributed by atoms with Crippen LogP contribution < -0.4 is 4.74 Å². The summed E-state index contributed by atoms with van der Waals surface area (Å²) in [6.45, 7) is 3.12. The Hall–Kier alpha value is -1.96. The molecule has 36 heavy (non-hydrogen) atoms. The number of aromatic hydroxyl groups is 1. The van der Waals surface area contributed by atoms with Gasteiger partial charge in [-0.1, -0.05) is 6.07 Å². The molecule has 4 bridgehead atoms. The van der Waals surface area contributed by atoms with E-state index in [0.717, 1.165) is 56.9 Å². The summed E-state index contributed by atoms with van der Waals surface area (Å²) in [4.78, 5) is 25.9. The number of H-pyrrole nitrogens is 1. The zero-order chi connectivity index (χ0) is 22.7. The van der Waals surface area contributed by atoms with Gasteiger partial charge in [-0.05, 0) is 69.0 Å². The number of nitrogens with zero attached hydrogens (tertiary/aromatic N) is 3. The molecule has 0 radical (unpaired) electrons. The van der Waals surface area contributed by atoms with E-state index in [-0.39, 0.29) is 59.4 Å². The molecular weight excluding hydrogens is 499 g/mol. The molecular formula is C27H34Cl2N4O3. The second kappa shape index (κ2) is 8.27. The van der Waals surface area contributed by atoms with Gasteiger partial charge < -0.3 is 19.7 Å². The number of ether oxygens (including phenoxy) is 1. The van der Waals surface area contributed by atoms with E-state index in [1.54, 1.807) is 12.4 Å². The van der Waals surface area contributed by atoms with Crippen molar-refractivity contribution in [2.75, 3.05) is 19.6 Å². The third kappa shape index (κ3) is 2.96. The summed E-state index contributed by atoms with van der Waals surface area (Å²) in [6.07, 6.45) is 11.7. The van der Waals surface area contributed by atoms with Crippen LogP contribution in [0.4, 0.5) is 0 Å². The van der Waals surface area contributed by atoms with Crippen molar-refractivity contribution < 1.29 is 14.6 Å². The summed E-state index contributed by atoms with van der Waals surface area (Å²) in [7, 11) is 0. The van der Waals surface area contributed by atoms with Gasteiger partial charge in [0.05, 0.1) is 12.5 Å². The first-order valence-corrected chi connectivity index (χ1v) is 13.1. The molecule has 3 aliphatic carbocycles. The van der Waals surface area contributed by atoms with Gasteiger partial charge in [-0.25, -0.2) is 4.98 Å². The van der Waals surface area contributed by atoms with Gasteiger partial charge in [0, 0.05) is 47.9 Å². The van der Waals surface area contributed by atoms with Crippen molar-refractivity contribution in [1.82, 2.24) is 19.8 Å². The first kappa shape index (κ1) is 24.4. The molecule has 4 aliphatic heterocycles. The van der Waals surface area contributed by atoms with Crippen molar-refractivity contribution in [2.24, 2.45) is 11.3 Å². The first-order valence-electron chi connectivity index (χ1n) is 13.1. The maximum Gasteiger partial charge on any atom is 0.230 e. The van der Waals surface area contributed by atoms with Crippen LogP contribution in [0.1, 0.15) is 55.5 Å². The molecule has 9 rings (SSSR count). The number of imidazole rings is 1. The molecule has 1 aromatic heterocycles. The number of aromatic nitrogens is 2. The molecule has 5 fully saturated rings. The van der Waals surface area contributed by atoms with Gasteiger partial charge in [0.25, 0.3) is 0 Å². The number of hydrogen-bond donors (Lipinski definition) is 2. The third-order valence-corrected chi connectivity index (χ3v) is 10.4. The van der Waals surface area contributed by atoms with E-state index in [0.29, 0.717) is 18.2 Å². The molecule has 5 atom stereocenters. The Balaban J connectivity index is 0.00000120. The molecule has 2 saturated carbocycles. The van der Waals surface area contributed by atoms with Crippen molar-refractivity contribution in [3.63, 3.8) is 0 Å². The quantitative estimate of drug-likeness (QED) is 0.628. The maximum absolute atomic E-state index is 13.6. The number of carbonyl (C=O) groups excluding carboxylic acids is 1. The Bertz CT molecular complexity index is 1190. The number of hydrogen-bond acceptors (Lipinski definition) is 5. The van der Waals surface area contributed by atoms with Crippen LogP contribution in [0.15, 0.2) is 24.5 Å². The lowest BCUT2D eigenvalue weighted by Gasteiger charge is -2.66. The van der Waals surface area contributed by atoms with Gasteiger partial charge in [0.2, 0.25) is 5.91 Å². The molecule has 0 unspecified atom stereocenters. The molecule has 7 aliphatic rings. The SMILES string of the molecule is Cl.Cl.O=C(Cc1ncc[nH]1)N1CC[C@@]23CC[C@@H]1[C@@H]1Oc4c(O)ccc5c4[C@@]12CCN(CC1CC1)[C@@H]3C5. The number of phenols is 1. The van der Waals surface area contributed by atoms with Gasteiger partial charge in [-0.3, -0.25) is 9.69 Å². The third-order valence-electron chi connectivity index (χ3n) is 10.4. The van der Waals surface area contributed by atoms with E-state index >= 15 is 0 Å². The summed E-state index contributed by atoms with van der Waals surface area (Å²) >= 11 is 0. The number of rotatable bonds is 4. The zero-order valence-corrected chi connectivity index (χ0v) is 22.0. The summed E-state index contributed by atoms with van der Waals surface area (Å²) in [6, 6.07) is 4.53. The van der Waals surface area contributed by atoms with Crippen molar-refractivity contribution >= 4 is 30.7 Å². The fraction of sp³-hybridized carbons (Fsp3) is 0.630. The summed E-state index contributed by atoms with van der Waals surface area (Å²) < 4.78 is 6.78. The molecule has 5 heterocycles. The number of nitrogens with one attached hydrogen (secondary N) is 1. The van der Waals surface area contributed by atoms with Gasteiger partial charge in [-0.2, -0.15) is 0 Å². The Labute approximate surface area is 223 Å². The normalized spacial score (nSPS) is 35.2. The molecule has 2 N–H and O–H groups in total. The Kier molecular flexibility index (Phi) is 5.60. The molecule has 1 aromatic carbocycles. The van der Waals surface area contributed by atoms with Crippen LogP contribution in [-0.4, -0.2) is 68.6 Å². The fourth-order valence-corrected chi connectivity index (χ4v) is 8.94. The van der Waals surface area contributed by atoms with E-state index in [9.17, 15) is 9.90 Å². The Morgan fingerprint density at radius 3 is 2.81 bits per heavy atom. The van der Waals surface area contributed by atoms with Crippen LogP contribution >= 0.6 is 24.8 Å². The van der Waals surface area contributed by atoms with Gasteiger partial charge in [0.1, 0.15) is 11.9 Å². The number of carbonyl (C=O) groups is 1. The number of aromatic amines is 1.